The molecule has 0 aliphatic heterocycles. The van der Waals surface area contributed by atoms with Crippen molar-refractivity contribution >= 4 is 32.8 Å². The molecule has 0 saturated heterocycles. The fourth-order valence-corrected chi connectivity index (χ4v) is 4.72. The SMILES string of the molecule is c1ccc(-c2nn3c(ccc4ccccc43)c2-c2cnn3c2ccc2ccccc23)cc1. The van der Waals surface area contributed by atoms with Crippen LogP contribution in [0.1, 0.15) is 0 Å². The van der Waals surface area contributed by atoms with Crippen molar-refractivity contribution in [3.05, 3.63) is 109 Å². The number of nitrogens with zero attached hydrogens (tertiary/aromatic N) is 4. The number of pyridine rings is 2. The fourth-order valence-electron chi connectivity index (χ4n) is 4.72. The maximum atomic E-state index is 5.12. The highest BCUT2D eigenvalue weighted by molar-refractivity contribution is 6.01. The van der Waals surface area contributed by atoms with E-state index in [1.54, 1.807) is 0 Å². The summed E-state index contributed by atoms with van der Waals surface area (Å²) < 4.78 is 4.10. The van der Waals surface area contributed by atoms with Gasteiger partial charge < -0.3 is 0 Å². The standard InChI is InChI=1S/C28H18N4/c1-2-10-21(11-3-1)28-27(26-17-15-20-9-5-7-13-24(20)32(26)30-28)22-18-29-31-23-12-6-4-8-19(23)14-16-25(22)31/h1-18H. The molecule has 0 aliphatic rings. The minimum absolute atomic E-state index is 0.963. The maximum absolute atomic E-state index is 5.12. The molecule has 4 heterocycles. The molecule has 0 N–H and O–H groups in total. The zero-order valence-electron chi connectivity index (χ0n) is 17.2. The molecular weight excluding hydrogens is 392 g/mol. The van der Waals surface area contributed by atoms with E-state index in [1.165, 1.54) is 10.8 Å². The summed E-state index contributed by atoms with van der Waals surface area (Å²) in [7, 11) is 0. The van der Waals surface area contributed by atoms with Gasteiger partial charge in [0.25, 0.3) is 0 Å². The molecule has 32 heavy (non-hydrogen) atoms. The first kappa shape index (κ1) is 17.3. The van der Waals surface area contributed by atoms with Gasteiger partial charge in [-0.15, -0.1) is 0 Å². The number of rotatable bonds is 2. The van der Waals surface area contributed by atoms with Crippen LogP contribution in [0.15, 0.2) is 109 Å². The Bertz CT molecular complexity index is 1770. The lowest BCUT2D eigenvalue weighted by Crippen LogP contribution is -1.90. The van der Waals surface area contributed by atoms with Gasteiger partial charge in [0.1, 0.15) is 5.69 Å². The Hall–Kier alpha value is -4.44. The van der Waals surface area contributed by atoms with E-state index in [9.17, 15) is 0 Å². The van der Waals surface area contributed by atoms with Gasteiger partial charge in [-0.3, -0.25) is 0 Å². The average molecular weight is 410 g/mol. The largest absolute Gasteiger partial charge is 0.232 e. The van der Waals surface area contributed by atoms with Gasteiger partial charge in [-0.05, 0) is 24.3 Å². The lowest BCUT2D eigenvalue weighted by Gasteiger charge is -2.05. The molecule has 3 aromatic carbocycles. The van der Waals surface area contributed by atoms with Gasteiger partial charge in [0.05, 0.1) is 28.3 Å². The van der Waals surface area contributed by atoms with Crippen molar-refractivity contribution in [3.8, 4) is 22.4 Å². The third kappa shape index (κ3) is 2.38. The molecule has 0 fully saturated rings. The van der Waals surface area contributed by atoms with E-state index in [-0.39, 0.29) is 0 Å². The quantitative estimate of drug-likeness (QED) is 0.321. The molecule has 0 unspecified atom stereocenters. The molecule has 7 aromatic rings. The van der Waals surface area contributed by atoms with Crippen LogP contribution >= 0.6 is 0 Å². The van der Waals surface area contributed by atoms with Crippen molar-refractivity contribution in [2.75, 3.05) is 0 Å². The Morgan fingerprint density at radius 1 is 0.500 bits per heavy atom. The minimum atomic E-state index is 0.963. The summed E-state index contributed by atoms with van der Waals surface area (Å²) in [5.74, 6) is 0. The van der Waals surface area contributed by atoms with Crippen molar-refractivity contribution < 1.29 is 0 Å². The molecule has 0 radical (unpaired) electrons. The first-order chi connectivity index (χ1) is 15.9. The van der Waals surface area contributed by atoms with Gasteiger partial charge in [0, 0.05) is 27.5 Å². The lowest BCUT2D eigenvalue weighted by atomic mass is 10.0. The Balaban J connectivity index is 1.63. The van der Waals surface area contributed by atoms with Gasteiger partial charge in [-0.1, -0.05) is 78.9 Å². The first-order valence-corrected chi connectivity index (χ1v) is 10.7. The van der Waals surface area contributed by atoms with Gasteiger partial charge in [0.2, 0.25) is 0 Å². The van der Waals surface area contributed by atoms with Gasteiger partial charge in [0.15, 0.2) is 0 Å². The van der Waals surface area contributed by atoms with E-state index >= 15 is 0 Å². The predicted molar refractivity (Wildman–Crippen MR) is 130 cm³/mol. The fraction of sp³-hybridized carbons (Fsp3) is 0. The molecule has 0 bridgehead atoms. The average Bonchev–Trinajstić information content (AvgIpc) is 3.46. The molecule has 150 valence electrons. The van der Waals surface area contributed by atoms with Crippen molar-refractivity contribution in [2.24, 2.45) is 0 Å². The van der Waals surface area contributed by atoms with Crippen LogP contribution in [-0.2, 0) is 0 Å². The van der Waals surface area contributed by atoms with E-state index in [2.05, 4.69) is 102 Å². The van der Waals surface area contributed by atoms with E-state index in [0.29, 0.717) is 0 Å². The Morgan fingerprint density at radius 3 is 1.88 bits per heavy atom. The molecule has 0 spiro atoms. The molecule has 0 saturated carbocycles. The highest BCUT2D eigenvalue weighted by Gasteiger charge is 2.21. The number of hydrogen-bond donors (Lipinski definition) is 0. The molecule has 4 aromatic heterocycles. The van der Waals surface area contributed by atoms with Crippen LogP contribution in [-0.4, -0.2) is 19.2 Å². The molecule has 4 nitrogen and oxygen atoms in total. The Labute approximate surface area is 184 Å². The summed E-state index contributed by atoms with van der Waals surface area (Å²) in [5.41, 5.74) is 8.58. The van der Waals surface area contributed by atoms with Crippen LogP contribution in [0.5, 0.6) is 0 Å². The number of hydrogen-bond acceptors (Lipinski definition) is 2. The van der Waals surface area contributed by atoms with Crippen molar-refractivity contribution in [3.63, 3.8) is 0 Å². The normalized spacial score (nSPS) is 11.8. The second kappa shape index (κ2) is 6.53. The minimum Gasteiger partial charge on any atom is -0.232 e. The summed E-state index contributed by atoms with van der Waals surface area (Å²) in [6.45, 7) is 0. The smallest absolute Gasteiger partial charge is 0.101 e. The van der Waals surface area contributed by atoms with Crippen molar-refractivity contribution in [1.82, 2.24) is 19.2 Å². The third-order valence-corrected chi connectivity index (χ3v) is 6.22. The van der Waals surface area contributed by atoms with Crippen LogP contribution in [0, 0.1) is 0 Å². The molecule has 0 atom stereocenters. The summed E-state index contributed by atoms with van der Waals surface area (Å²) in [4.78, 5) is 0. The summed E-state index contributed by atoms with van der Waals surface area (Å²) in [6, 6.07) is 35.8. The third-order valence-electron chi connectivity index (χ3n) is 6.22. The molecular formula is C28H18N4. The second-order valence-electron chi connectivity index (χ2n) is 8.03. The number of para-hydroxylation sites is 2. The van der Waals surface area contributed by atoms with E-state index < -0.39 is 0 Å². The van der Waals surface area contributed by atoms with Crippen LogP contribution in [0.3, 0.4) is 0 Å². The lowest BCUT2D eigenvalue weighted by molar-refractivity contribution is 1.00. The van der Waals surface area contributed by atoms with Gasteiger partial charge in [-0.25, -0.2) is 9.03 Å². The van der Waals surface area contributed by atoms with Crippen LogP contribution < -0.4 is 0 Å². The van der Waals surface area contributed by atoms with Gasteiger partial charge >= 0.3 is 0 Å². The van der Waals surface area contributed by atoms with Crippen molar-refractivity contribution in [1.29, 1.82) is 0 Å². The van der Waals surface area contributed by atoms with Crippen LogP contribution in [0.4, 0.5) is 0 Å². The number of benzene rings is 3. The van der Waals surface area contributed by atoms with Crippen LogP contribution in [0.25, 0.3) is 55.2 Å². The summed E-state index contributed by atoms with van der Waals surface area (Å²) in [6.07, 6.45) is 1.97. The maximum Gasteiger partial charge on any atom is 0.101 e. The van der Waals surface area contributed by atoms with Crippen molar-refractivity contribution in [2.45, 2.75) is 0 Å². The molecule has 4 heteroatoms. The van der Waals surface area contributed by atoms with Crippen LogP contribution in [0.2, 0.25) is 0 Å². The summed E-state index contributed by atoms with van der Waals surface area (Å²) in [5, 5.41) is 12.2. The monoisotopic (exact) mass is 410 g/mol. The number of aromatic nitrogens is 4. The summed E-state index contributed by atoms with van der Waals surface area (Å²) >= 11 is 0. The highest BCUT2D eigenvalue weighted by Crippen LogP contribution is 2.39. The zero-order chi connectivity index (χ0) is 21.1. The molecule has 0 amide bonds. The second-order valence-corrected chi connectivity index (χ2v) is 8.03. The Kier molecular flexibility index (Phi) is 3.52. The van der Waals surface area contributed by atoms with E-state index in [0.717, 1.165) is 44.5 Å². The topological polar surface area (TPSA) is 34.6 Å². The van der Waals surface area contributed by atoms with E-state index in [1.807, 2.05) is 16.8 Å². The zero-order valence-corrected chi connectivity index (χ0v) is 17.2. The van der Waals surface area contributed by atoms with E-state index in [4.69, 9.17) is 10.2 Å². The molecule has 7 rings (SSSR count). The number of fused-ring (bicyclic) bond motifs is 6. The Morgan fingerprint density at radius 2 is 1.12 bits per heavy atom. The molecule has 0 aliphatic carbocycles. The predicted octanol–water partition coefficient (Wildman–Crippen LogP) is 6.62. The highest BCUT2D eigenvalue weighted by atomic mass is 15.2. The van der Waals surface area contributed by atoms with Gasteiger partial charge in [-0.2, -0.15) is 10.2 Å². The first-order valence-electron chi connectivity index (χ1n) is 10.7.